The summed E-state index contributed by atoms with van der Waals surface area (Å²) in [6, 6.07) is 4.03. The second-order valence-corrected chi connectivity index (χ2v) is 2.99. The largest absolute Gasteiger partial charge is 0.508 e. The Morgan fingerprint density at radius 1 is 1.38 bits per heavy atom. The van der Waals surface area contributed by atoms with E-state index in [0.29, 0.717) is 5.56 Å². The molecule has 0 aromatic heterocycles. The van der Waals surface area contributed by atoms with Gasteiger partial charge in [0, 0.05) is 18.6 Å². The van der Waals surface area contributed by atoms with Gasteiger partial charge in [-0.2, -0.15) is 0 Å². The van der Waals surface area contributed by atoms with Gasteiger partial charge < -0.3 is 14.9 Å². The van der Waals surface area contributed by atoms with Gasteiger partial charge >= 0.3 is 11.9 Å². The summed E-state index contributed by atoms with van der Waals surface area (Å²) in [7, 11) is 0. The Balaban J connectivity index is 3.07. The minimum absolute atomic E-state index is 0.0408. The molecule has 5 heteroatoms. The minimum Gasteiger partial charge on any atom is -0.508 e. The lowest BCUT2D eigenvalue weighted by atomic mass is 10.1. The maximum atomic E-state index is 10.8. The van der Waals surface area contributed by atoms with Crippen molar-refractivity contribution >= 4 is 18.0 Å². The molecule has 1 rings (SSSR count). The molecule has 0 unspecified atom stereocenters. The molecule has 5 nitrogen and oxygen atoms in total. The van der Waals surface area contributed by atoms with E-state index >= 15 is 0 Å². The summed E-state index contributed by atoms with van der Waals surface area (Å²) >= 11 is 0. The lowest BCUT2D eigenvalue weighted by Gasteiger charge is -2.05. The van der Waals surface area contributed by atoms with Gasteiger partial charge in [0.25, 0.3) is 0 Å². The summed E-state index contributed by atoms with van der Waals surface area (Å²) in [6.07, 6.45) is 2.13. The van der Waals surface area contributed by atoms with E-state index in [1.165, 1.54) is 31.2 Å². The predicted molar refractivity (Wildman–Crippen MR) is 56.1 cm³/mol. The summed E-state index contributed by atoms with van der Waals surface area (Å²) in [6.45, 7) is 1.23. The van der Waals surface area contributed by atoms with Gasteiger partial charge in [-0.3, -0.25) is 4.79 Å². The molecule has 0 saturated heterocycles. The molecule has 16 heavy (non-hydrogen) atoms. The highest BCUT2D eigenvalue weighted by atomic mass is 16.5. The number of esters is 1. The van der Waals surface area contributed by atoms with E-state index in [1.807, 2.05) is 0 Å². The molecule has 0 saturated carbocycles. The lowest BCUT2D eigenvalue weighted by molar-refractivity contribution is -0.132. The van der Waals surface area contributed by atoms with Crippen LogP contribution in [0.5, 0.6) is 11.5 Å². The van der Waals surface area contributed by atoms with E-state index < -0.39 is 11.9 Å². The summed E-state index contributed by atoms with van der Waals surface area (Å²) < 4.78 is 4.84. The standard InChI is InChI=1S/C11H10O5/c1-7(12)16-10-4-3-9(13)6-8(10)2-5-11(14)15/h2-6,13H,1H3,(H,14,15). The zero-order valence-electron chi connectivity index (χ0n) is 8.51. The van der Waals surface area contributed by atoms with Crippen molar-refractivity contribution in [3.63, 3.8) is 0 Å². The highest BCUT2D eigenvalue weighted by Crippen LogP contribution is 2.24. The maximum absolute atomic E-state index is 10.8. The summed E-state index contributed by atoms with van der Waals surface area (Å²) in [5.41, 5.74) is 0.317. The number of aromatic hydroxyl groups is 1. The van der Waals surface area contributed by atoms with Crippen molar-refractivity contribution in [2.75, 3.05) is 0 Å². The number of phenolic OH excluding ortho intramolecular Hbond substituents is 1. The van der Waals surface area contributed by atoms with Gasteiger partial charge in [-0.05, 0) is 24.3 Å². The Bertz CT molecular complexity index is 448. The van der Waals surface area contributed by atoms with E-state index in [0.717, 1.165) is 6.08 Å². The third-order valence-corrected chi connectivity index (χ3v) is 1.65. The van der Waals surface area contributed by atoms with E-state index in [9.17, 15) is 14.7 Å². The molecular formula is C11H10O5. The predicted octanol–water partition coefficient (Wildman–Crippen LogP) is 1.42. The van der Waals surface area contributed by atoms with Gasteiger partial charge in [0.05, 0.1) is 0 Å². The summed E-state index contributed by atoms with van der Waals surface area (Å²) in [5.74, 6) is -1.49. The average Bonchev–Trinajstić information content (AvgIpc) is 2.17. The molecule has 0 amide bonds. The molecule has 1 aromatic carbocycles. The molecular weight excluding hydrogens is 212 g/mol. The van der Waals surface area contributed by atoms with Crippen LogP contribution < -0.4 is 4.74 Å². The molecule has 0 spiro atoms. The molecule has 0 aliphatic carbocycles. The highest BCUT2D eigenvalue weighted by molar-refractivity contribution is 5.86. The van der Waals surface area contributed by atoms with E-state index in [4.69, 9.17) is 9.84 Å². The second kappa shape index (κ2) is 4.97. The van der Waals surface area contributed by atoms with Crippen LogP contribution >= 0.6 is 0 Å². The zero-order valence-corrected chi connectivity index (χ0v) is 8.51. The fraction of sp³-hybridized carbons (Fsp3) is 0.0909. The first-order chi connectivity index (χ1) is 7.49. The fourth-order valence-corrected chi connectivity index (χ4v) is 1.07. The van der Waals surface area contributed by atoms with E-state index in [-0.39, 0.29) is 11.5 Å². The molecule has 2 N–H and O–H groups in total. The molecule has 0 atom stereocenters. The number of carbonyl (C=O) groups excluding carboxylic acids is 1. The highest BCUT2D eigenvalue weighted by Gasteiger charge is 2.05. The van der Waals surface area contributed by atoms with Gasteiger partial charge in [0.15, 0.2) is 0 Å². The van der Waals surface area contributed by atoms with Crippen molar-refractivity contribution in [2.45, 2.75) is 6.92 Å². The number of carbonyl (C=O) groups is 2. The van der Waals surface area contributed by atoms with Crippen molar-refractivity contribution in [2.24, 2.45) is 0 Å². The Hall–Kier alpha value is -2.30. The first-order valence-electron chi connectivity index (χ1n) is 4.41. The number of rotatable bonds is 3. The average molecular weight is 222 g/mol. The third kappa shape index (κ3) is 3.45. The number of benzene rings is 1. The van der Waals surface area contributed by atoms with Crippen LogP contribution in [0.3, 0.4) is 0 Å². The monoisotopic (exact) mass is 222 g/mol. The third-order valence-electron chi connectivity index (χ3n) is 1.65. The van der Waals surface area contributed by atoms with Crippen LogP contribution in [0.25, 0.3) is 6.08 Å². The fourth-order valence-electron chi connectivity index (χ4n) is 1.07. The number of hydrogen-bond donors (Lipinski definition) is 2. The first-order valence-corrected chi connectivity index (χ1v) is 4.41. The Morgan fingerprint density at radius 3 is 2.62 bits per heavy atom. The zero-order chi connectivity index (χ0) is 12.1. The van der Waals surface area contributed by atoms with Gasteiger partial charge in [-0.15, -0.1) is 0 Å². The smallest absolute Gasteiger partial charge is 0.328 e. The van der Waals surface area contributed by atoms with Crippen LogP contribution in [-0.2, 0) is 9.59 Å². The molecule has 84 valence electrons. The number of aliphatic carboxylic acids is 1. The van der Waals surface area contributed by atoms with Crippen LogP contribution in [0.2, 0.25) is 0 Å². The van der Waals surface area contributed by atoms with Gasteiger partial charge in [0.2, 0.25) is 0 Å². The summed E-state index contributed by atoms with van der Waals surface area (Å²) in [4.78, 5) is 21.1. The van der Waals surface area contributed by atoms with Crippen molar-refractivity contribution in [3.05, 3.63) is 29.8 Å². The van der Waals surface area contributed by atoms with Crippen LogP contribution in [0.15, 0.2) is 24.3 Å². The molecule has 0 aliphatic rings. The maximum Gasteiger partial charge on any atom is 0.328 e. The Labute approximate surface area is 91.6 Å². The number of hydrogen-bond acceptors (Lipinski definition) is 4. The Kier molecular flexibility index (Phi) is 3.66. The molecule has 1 aromatic rings. The number of carboxylic acid groups (broad SMARTS) is 1. The SMILES string of the molecule is CC(=O)Oc1ccc(O)cc1C=CC(=O)O. The van der Waals surface area contributed by atoms with Crippen LogP contribution in [0.4, 0.5) is 0 Å². The minimum atomic E-state index is -1.13. The van der Waals surface area contributed by atoms with E-state index in [2.05, 4.69) is 0 Å². The first kappa shape index (κ1) is 11.8. The molecule has 0 heterocycles. The van der Waals surface area contributed by atoms with E-state index in [1.54, 1.807) is 0 Å². The topological polar surface area (TPSA) is 83.8 Å². The van der Waals surface area contributed by atoms with Crippen molar-refractivity contribution < 1.29 is 24.5 Å². The quantitative estimate of drug-likeness (QED) is 0.459. The second-order valence-electron chi connectivity index (χ2n) is 2.99. The molecule has 0 fully saturated rings. The number of phenols is 1. The molecule has 0 bridgehead atoms. The molecule has 0 aliphatic heterocycles. The Morgan fingerprint density at radius 2 is 2.06 bits per heavy atom. The normalized spacial score (nSPS) is 10.3. The van der Waals surface area contributed by atoms with Crippen molar-refractivity contribution in [1.82, 2.24) is 0 Å². The number of carboxylic acids is 1. The van der Waals surface area contributed by atoms with Crippen LogP contribution in [0, 0.1) is 0 Å². The van der Waals surface area contributed by atoms with Gasteiger partial charge in [-0.25, -0.2) is 4.79 Å². The van der Waals surface area contributed by atoms with Crippen molar-refractivity contribution in [1.29, 1.82) is 0 Å². The molecule has 0 radical (unpaired) electrons. The van der Waals surface area contributed by atoms with Gasteiger partial charge in [-0.1, -0.05) is 0 Å². The van der Waals surface area contributed by atoms with Gasteiger partial charge in [0.1, 0.15) is 11.5 Å². The summed E-state index contributed by atoms with van der Waals surface area (Å²) in [5, 5.41) is 17.7. The van der Waals surface area contributed by atoms with Crippen LogP contribution in [-0.4, -0.2) is 22.2 Å². The lowest BCUT2D eigenvalue weighted by Crippen LogP contribution is -2.02. The van der Waals surface area contributed by atoms with Crippen molar-refractivity contribution in [3.8, 4) is 11.5 Å². The van der Waals surface area contributed by atoms with Crippen LogP contribution in [0.1, 0.15) is 12.5 Å². The number of ether oxygens (including phenoxy) is 1.